The lowest BCUT2D eigenvalue weighted by Crippen LogP contribution is -2.09. The van der Waals surface area contributed by atoms with Crippen LogP contribution in [0.5, 0.6) is 0 Å². The topological polar surface area (TPSA) is 60.0 Å². The van der Waals surface area contributed by atoms with Gasteiger partial charge in [0.2, 0.25) is 5.95 Å². The molecule has 308 valence electrons. The maximum absolute atomic E-state index is 6.38. The number of nitrogens with zero attached hydrogens (tertiary/aromatic N) is 5. The molecule has 0 saturated carbocycles. The Morgan fingerprint density at radius 3 is 1.51 bits per heavy atom. The zero-order valence-electron chi connectivity index (χ0n) is 34.6. The Morgan fingerprint density at radius 2 is 0.846 bits per heavy atom. The van der Waals surface area contributed by atoms with Crippen LogP contribution in [-0.4, -0.2) is 19.5 Å². The van der Waals surface area contributed by atoms with Crippen molar-refractivity contribution in [1.82, 2.24) is 19.5 Å². The number of fused-ring (bicyclic) bond motifs is 6. The van der Waals surface area contributed by atoms with Gasteiger partial charge in [0.1, 0.15) is 11.2 Å². The van der Waals surface area contributed by atoms with Crippen LogP contribution in [0.15, 0.2) is 217 Å². The van der Waals surface area contributed by atoms with Gasteiger partial charge in [-0.2, -0.15) is 9.97 Å². The van der Waals surface area contributed by atoms with Crippen molar-refractivity contribution in [3.8, 4) is 51.0 Å². The molecule has 12 rings (SSSR count). The lowest BCUT2D eigenvalue weighted by atomic mass is 10.0. The maximum atomic E-state index is 6.38. The van der Waals surface area contributed by atoms with Crippen LogP contribution in [0, 0.1) is 0 Å². The highest BCUT2D eigenvalue weighted by Crippen LogP contribution is 2.41. The van der Waals surface area contributed by atoms with Gasteiger partial charge in [-0.25, -0.2) is 4.98 Å². The van der Waals surface area contributed by atoms with Crippen molar-refractivity contribution < 1.29 is 4.42 Å². The zero-order valence-corrected chi connectivity index (χ0v) is 36.1. The molecule has 0 aliphatic carbocycles. The number of furan rings is 1. The quantitative estimate of drug-likeness (QED) is 0.152. The molecule has 6 nitrogen and oxygen atoms in total. The van der Waals surface area contributed by atoms with Gasteiger partial charge in [-0.15, -0.1) is 0 Å². The first-order valence-electron chi connectivity index (χ1n) is 21.3. The largest absolute Gasteiger partial charge is 0.456 e. The summed E-state index contributed by atoms with van der Waals surface area (Å²) in [6.07, 6.45) is 0. The van der Waals surface area contributed by atoms with E-state index in [1.165, 1.54) is 5.56 Å². The van der Waals surface area contributed by atoms with Gasteiger partial charge in [0.25, 0.3) is 0 Å². The summed E-state index contributed by atoms with van der Waals surface area (Å²) in [7, 11) is 0. The Kier molecular flexibility index (Phi) is 9.48. The second-order valence-electron chi connectivity index (χ2n) is 16.0. The fourth-order valence-electron chi connectivity index (χ4n) is 8.83. The van der Waals surface area contributed by atoms with E-state index >= 15 is 0 Å². The standard InChI is InChI=1S/C57H35Cl2N5O/c58-42-23-14-39(15-24-42)55-60-56(40-16-25-43(59)26-17-40)62-57(61-55)64-51-12-6-4-10-47(51)50-34-41(22-33-52(50)64)38-20-29-45(30-21-38)63(44-27-18-37(19-28-44)36-8-2-1-3-9-36)46-31-32-49-48-11-5-7-13-53(48)65-54(49)35-46/h1-35H. The molecule has 0 bridgehead atoms. The maximum Gasteiger partial charge on any atom is 0.238 e. The number of aromatic nitrogens is 4. The average molecular weight is 877 g/mol. The second kappa shape index (κ2) is 16.0. The smallest absolute Gasteiger partial charge is 0.238 e. The highest BCUT2D eigenvalue weighted by molar-refractivity contribution is 6.31. The van der Waals surface area contributed by atoms with Crippen molar-refractivity contribution in [2.45, 2.75) is 0 Å². The summed E-state index contributed by atoms with van der Waals surface area (Å²) in [4.78, 5) is 17.4. The first-order chi connectivity index (χ1) is 32.0. The molecule has 65 heavy (non-hydrogen) atoms. The molecule has 0 saturated heterocycles. The third kappa shape index (κ3) is 7.06. The SMILES string of the molecule is Clc1ccc(-c2nc(-c3ccc(Cl)cc3)nc(-n3c4ccccc4c4cc(-c5ccc(N(c6ccc(-c7ccccc7)cc6)c6ccc7c(c6)oc6ccccc67)cc5)ccc43)n2)cc1. The number of anilines is 3. The molecule has 0 amide bonds. The molecule has 0 fully saturated rings. The molecule has 3 aromatic heterocycles. The molecule has 0 radical (unpaired) electrons. The minimum Gasteiger partial charge on any atom is -0.456 e. The van der Waals surface area contributed by atoms with Crippen molar-refractivity contribution in [2.75, 3.05) is 4.90 Å². The molecule has 0 aliphatic heterocycles. The number of benzene rings is 9. The molecule has 0 N–H and O–H groups in total. The number of hydrogen-bond donors (Lipinski definition) is 0. The van der Waals surface area contributed by atoms with Crippen LogP contribution in [0.4, 0.5) is 17.1 Å². The van der Waals surface area contributed by atoms with Crippen LogP contribution >= 0.6 is 23.2 Å². The molecular weight excluding hydrogens is 842 g/mol. The molecule has 12 aromatic rings. The van der Waals surface area contributed by atoms with Crippen molar-refractivity contribution in [3.05, 3.63) is 222 Å². The van der Waals surface area contributed by atoms with E-state index in [-0.39, 0.29) is 0 Å². The summed E-state index contributed by atoms with van der Waals surface area (Å²) >= 11 is 12.6. The van der Waals surface area contributed by atoms with Crippen molar-refractivity contribution in [1.29, 1.82) is 0 Å². The van der Waals surface area contributed by atoms with Gasteiger partial charge in [-0.1, -0.05) is 120 Å². The summed E-state index contributed by atoms with van der Waals surface area (Å²) in [6.45, 7) is 0. The highest BCUT2D eigenvalue weighted by Gasteiger charge is 2.20. The van der Waals surface area contributed by atoms with E-state index in [0.29, 0.717) is 27.6 Å². The monoisotopic (exact) mass is 875 g/mol. The van der Waals surface area contributed by atoms with Crippen molar-refractivity contribution >= 4 is 84.0 Å². The highest BCUT2D eigenvalue weighted by atomic mass is 35.5. The molecular formula is C57H35Cl2N5O. The van der Waals surface area contributed by atoms with E-state index in [4.69, 9.17) is 42.6 Å². The van der Waals surface area contributed by atoms with Gasteiger partial charge in [0, 0.05) is 65.8 Å². The first kappa shape index (κ1) is 38.6. The van der Waals surface area contributed by atoms with Gasteiger partial charge in [0.15, 0.2) is 11.6 Å². The Labute approximate surface area is 384 Å². The predicted molar refractivity (Wildman–Crippen MR) is 268 cm³/mol. The minimum absolute atomic E-state index is 0.510. The van der Waals surface area contributed by atoms with Gasteiger partial charge in [-0.3, -0.25) is 4.57 Å². The van der Waals surface area contributed by atoms with Crippen LogP contribution in [0.2, 0.25) is 10.0 Å². The first-order valence-corrected chi connectivity index (χ1v) is 22.1. The number of rotatable bonds is 8. The zero-order chi connectivity index (χ0) is 43.4. The second-order valence-corrected chi connectivity index (χ2v) is 16.8. The van der Waals surface area contributed by atoms with Gasteiger partial charge in [0.05, 0.1) is 11.0 Å². The van der Waals surface area contributed by atoms with Crippen LogP contribution in [-0.2, 0) is 0 Å². The Morgan fingerprint density at radius 1 is 0.354 bits per heavy atom. The summed E-state index contributed by atoms with van der Waals surface area (Å²) in [5, 5.41) is 5.66. The van der Waals surface area contributed by atoms with E-state index in [9.17, 15) is 0 Å². The summed E-state index contributed by atoms with van der Waals surface area (Å²) in [6, 6.07) is 72.7. The molecule has 0 aliphatic rings. The normalized spacial score (nSPS) is 11.5. The third-order valence-corrected chi connectivity index (χ3v) is 12.5. The number of halogens is 2. The fraction of sp³-hybridized carbons (Fsp3) is 0. The molecule has 0 atom stereocenters. The lowest BCUT2D eigenvalue weighted by Gasteiger charge is -2.26. The van der Waals surface area contributed by atoms with Crippen molar-refractivity contribution in [3.63, 3.8) is 0 Å². The van der Waals surface area contributed by atoms with Crippen LogP contribution < -0.4 is 4.90 Å². The lowest BCUT2D eigenvalue weighted by molar-refractivity contribution is 0.669. The number of para-hydroxylation sites is 2. The summed E-state index contributed by atoms with van der Waals surface area (Å²) in [5.41, 5.74) is 12.9. The summed E-state index contributed by atoms with van der Waals surface area (Å²) in [5.74, 6) is 1.59. The predicted octanol–water partition coefficient (Wildman–Crippen LogP) is 16.3. The van der Waals surface area contributed by atoms with E-state index in [2.05, 4.69) is 149 Å². The minimum atomic E-state index is 0.510. The van der Waals surface area contributed by atoms with E-state index < -0.39 is 0 Å². The van der Waals surface area contributed by atoms with Gasteiger partial charge in [-0.05, 0) is 131 Å². The number of hydrogen-bond acceptors (Lipinski definition) is 5. The average Bonchev–Trinajstić information content (AvgIpc) is 3.90. The van der Waals surface area contributed by atoms with E-state index in [1.807, 2.05) is 72.8 Å². The summed E-state index contributed by atoms with van der Waals surface area (Å²) < 4.78 is 8.50. The third-order valence-electron chi connectivity index (χ3n) is 12.0. The van der Waals surface area contributed by atoms with E-state index in [0.717, 1.165) is 88.6 Å². The molecule has 0 unspecified atom stereocenters. The van der Waals surface area contributed by atoms with E-state index in [1.54, 1.807) is 0 Å². The van der Waals surface area contributed by atoms with Crippen LogP contribution in [0.3, 0.4) is 0 Å². The fourth-order valence-corrected chi connectivity index (χ4v) is 9.08. The molecule has 9 aromatic carbocycles. The Hall–Kier alpha value is -8.03. The molecule has 8 heteroatoms. The van der Waals surface area contributed by atoms with Crippen molar-refractivity contribution in [2.24, 2.45) is 0 Å². The van der Waals surface area contributed by atoms with Crippen LogP contribution in [0.25, 0.3) is 94.7 Å². The Bertz CT molecular complexity index is 3650. The molecule has 3 heterocycles. The molecule has 0 spiro atoms. The van der Waals surface area contributed by atoms with Gasteiger partial charge < -0.3 is 9.32 Å². The van der Waals surface area contributed by atoms with Crippen LogP contribution in [0.1, 0.15) is 0 Å². The van der Waals surface area contributed by atoms with Gasteiger partial charge >= 0.3 is 0 Å². The Balaban J connectivity index is 0.952.